The average molecular weight is 737 g/mol. The number of aromatic nitrogens is 6. The van der Waals surface area contributed by atoms with Gasteiger partial charge in [-0.1, -0.05) is 57.4 Å². The maximum absolute atomic E-state index is 10.3. The first-order valence-corrected chi connectivity index (χ1v) is 20.6. The molecule has 0 saturated carbocycles. The van der Waals surface area contributed by atoms with Crippen LogP contribution >= 0.6 is 0 Å². The number of anilines is 4. The van der Waals surface area contributed by atoms with Crippen molar-refractivity contribution < 1.29 is 9.84 Å². The van der Waals surface area contributed by atoms with E-state index in [-0.39, 0.29) is 12.2 Å². The molecule has 54 heavy (non-hydrogen) atoms. The summed E-state index contributed by atoms with van der Waals surface area (Å²) in [6.07, 6.45) is 26.5. The molecule has 290 valence electrons. The van der Waals surface area contributed by atoms with E-state index in [9.17, 15) is 5.11 Å². The first-order valence-electron chi connectivity index (χ1n) is 20.6. The molecule has 2 unspecified atom stereocenters. The molecule has 12 nitrogen and oxygen atoms in total. The van der Waals surface area contributed by atoms with Crippen molar-refractivity contribution in [3.63, 3.8) is 0 Å². The summed E-state index contributed by atoms with van der Waals surface area (Å²) < 4.78 is 6.76. The second-order valence-corrected chi connectivity index (χ2v) is 14.7. The molecule has 2 aliphatic rings. The Hall–Kier alpha value is -4.58. The van der Waals surface area contributed by atoms with Crippen molar-refractivity contribution in [3.8, 4) is 28.3 Å². The lowest BCUT2D eigenvalue weighted by Gasteiger charge is -2.20. The minimum absolute atomic E-state index is 0.115. The van der Waals surface area contributed by atoms with Crippen LogP contribution in [0, 0.1) is 0 Å². The van der Waals surface area contributed by atoms with Crippen molar-refractivity contribution in [1.82, 2.24) is 29.9 Å². The quantitative estimate of drug-likeness (QED) is 0.136. The molecule has 0 fully saturated rings. The van der Waals surface area contributed by atoms with E-state index >= 15 is 0 Å². The fraction of sp³-hybridized carbons (Fsp3) is 0.571. The highest BCUT2D eigenvalue weighted by Gasteiger charge is 2.16. The summed E-state index contributed by atoms with van der Waals surface area (Å²) in [4.78, 5) is 28.3. The summed E-state index contributed by atoms with van der Waals surface area (Å²) in [5.74, 6) is 3.70. The SMILES string of the molecule is OC1CCCCCNc2ncc(-c3cc(OC4CCCCCCCCNc5ncc(-c6ccccn6)c(n5)NCCCC4)ccn3)c(n2)NCCCCC1. The van der Waals surface area contributed by atoms with Gasteiger partial charge in [-0.2, -0.15) is 9.97 Å². The van der Waals surface area contributed by atoms with Crippen LogP contribution < -0.4 is 26.0 Å². The maximum Gasteiger partial charge on any atom is 0.224 e. The number of rotatable bonds is 4. The van der Waals surface area contributed by atoms with Crippen molar-refractivity contribution in [2.45, 2.75) is 128 Å². The molecule has 4 bridgehead atoms. The Morgan fingerprint density at radius 3 is 1.69 bits per heavy atom. The monoisotopic (exact) mass is 736 g/mol. The van der Waals surface area contributed by atoms with Crippen LogP contribution in [0.1, 0.15) is 116 Å². The summed E-state index contributed by atoms with van der Waals surface area (Å²) in [5, 5.41) is 24.3. The van der Waals surface area contributed by atoms with Crippen molar-refractivity contribution in [2.75, 3.05) is 47.4 Å². The number of hydrogen-bond acceptors (Lipinski definition) is 12. The molecule has 2 atom stereocenters. The Morgan fingerprint density at radius 2 is 1.04 bits per heavy atom. The van der Waals surface area contributed by atoms with Crippen LogP contribution in [0.15, 0.2) is 55.1 Å². The molecule has 0 aromatic carbocycles. The number of aliphatic hydroxyl groups is 1. The highest BCUT2D eigenvalue weighted by atomic mass is 16.5. The largest absolute Gasteiger partial charge is 0.490 e. The zero-order valence-corrected chi connectivity index (χ0v) is 31.9. The van der Waals surface area contributed by atoms with Gasteiger partial charge in [0.05, 0.1) is 34.7 Å². The Kier molecular flexibility index (Phi) is 15.9. The molecule has 12 heteroatoms. The summed E-state index contributed by atoms with van der Waals surface area (Å²) >= 11 is 0. The molecule has 6 rings (SSSR count). The normalized spacial score (nSPS) is 20.4. The third kappa shape index (κ3) is 12.8. The Morgan fingerprint density at radius 1 is 0.519 bits per heavy atom. The van der Waals surface area contributed by atoms with Crippen molar-refractivity contribution in [3.05, 3.63) is 55.1 Å². The van der Waals surface area contributed by atoms with E-state index in [0.29, 0.717) is 11.9 Å². The van der Waals surface area contributed by atoms with Crippen molar-refractivity contribution in [2.24, 2.45) is 0 Å². The van der Waals surface area contributed by atoms with E-state index in [1.54, 1.807) is 6.20 Å². The molecule has 2 aliphatic heterocycles. The third-order valence-electron chi connectivity index (χ3n) is 10.3. The third-order valence-corrected chi connectivity index (χ3v) is 10.3. The van der Waals surface area contributed by atoms with E-state index in [1.807, 2.05) is 48.9 Å². The molecular formula is C42H60N10O2. The molecule has 4 aromatic heterocycles. The zero-order chi connectivity index (χ0) is 37.0. The number of nitrogens with zero attached hydrogens (tertiary/aromatic N) is 6. The highest BCUT2D eigenvalue weighted by molar-refractivity contribution is 5.74. The predicted molar refractivity (Wildman–Crippen MR) is 218 cm³/mol. The second kappa shape index (κ2) is 22.0. The van der Waals surface area contributed by atoms with Gasteiger partial charge in [0.1, 0.15) is 17.4 Å². The van der Waals surface area contributed by atoms with Gasteiger partial charge >= 0.3 is 0 Å². The number of ether oxygens (including phenoxy) is 1. The van der Waals surface area contributed by atoms with Crippen molar-refractivity contribution >= 4 is 23.5 Å². The second-order valence-electron chi connectivity index (χ2n) is 14.7. The molecule has 0 aliphatic carbocycles. The van der Waals surface area contributed by atoms with Gasteiger partial charge in [0.15, 0.2) is 0 Å². The number of aliphatic hydroxyl groups excluding tert-OH is 1. The summed E-state index contributed by atoms with van der Waals surface area (Å²) in [5.41, 5.74) is 3.43. The van der Waals surface area contributed by atoms with Gasteiger partial charge in [-0.05, 0) is 82.4 Å². The zero-order valence-electron chi connectivity index (χ0n) is 31.9. The fourth-order valence-corrected chi connectivity index (χ4v) is 7.21. The van der Waals surface area contributed by atoms with Crippen LogP contribution in [0.4, 0.5) is 23.5 Å². The van der Waals surface area contributed by atoms with Crippen molar-refractivity contribution in [1.29, 1.82) is 0 Å². The van der Waals surface area contributed by atoms with Crippen LogP contribution in [0.2, 0.25) is 0 Å². The molecule has 0 saturated heterocycles. The van der Waals surface area contributed by atoms with Crippen LogP contribution in [0.5, 0.6) is 5.75 Å². The maximum atomic E-state index is 10.3. The molecule has 0 spiro atoms. The van der Waals surface area contributed by atoms with Crippen LogP contribution in [-0.4, -0.2) is 73.4 Å². The van der Waals surface area contributed by atoms with E-state index in [4.69, 9.17) is 19.7 Å². The Balaban J connectivity index is 1.11. The van der Waals surface area contributed by atoms with Crippen LogP contribution in [-0.2, 0) is 0 Å². The van der Waals surface area contributed by atoms with Crippen LogP contribution in [0.25, 0.3) is 22.5 Å². The Bertz CT molecular complexity index is 1680. The number of fused-ring (bicyclic) bond motifs is 4. The molecule has 0 radical (unpaired) electrons. The molecular weight excluding hydrogens is 677 g/mol. The smallest absolute Gasteiger partial charge is 0.224 e. The van der Waals surface area contributed by atoms with E-state index in [1.165, 1.54) is 25.7 Å². The van der Waals surface area contributed by atoms with E-state index < -0.39 is 0 Å². The fourth-order valence-electron chi connectivity index (χ4n) is 7.21. The lowest BCUT2D eigenvalue weighted by atomic mass is 10.0. The van der Waals surface area contributed by atoms with Gasteiger partial charge in [-0.3, -0.25) is 9.97 Å². The molecule has 6 heterocycles. The van der Waals surface area contributed by atoms with Crippen LogP contribution in [0.3, 0.4) is 0 Å². The van der Waals surface area contributed by atoms with Gasteiger partial charge in [0.25, 0.3) is 0 Å². The number of pyridine rings is 2. The first kappa shape index (κ1) is 39.1. The van der Waals surface area contributed by atoms with Gasteiger partial charge in [0.2, 0.25) is 11.9 Å². The topological polar surface area (TPSA) is 155 Å². The minimum atomic E-state index is -0.184. The summed E-state index contributed by atoms with van der Waals surface area (Å²) in [7, 11) is 0. The summed E-state index contributed by atoms with van der Waals surface area (Å²) in [6, 6.07) is 9.92. The van der Waals surface area contributed by atoms with Gasteiger partial charge < -0.3 is 31.1 Å². The summed E-state index contributed by atoms with van der Waals surface area (Å²) in [6.45, 7) is 3.26. The number of hydrogen-bond donors (Lipinski definition) is 5. The first-order chi connectivity index (χ1) is 26.7. The van der Waals surface area contributed by atoms with E-state index in [0.717, 1.165) is 156 Å². The Labute approximate surface area is 321 Å². The standard InChI is InChI=1S/C42H60N10O2/c53-32-17-7-5-13-24-45-40-36(31-50-42(52-40)48-27-14-6-8-18-32)38-29-34(22-28-44-38)54-33-19-9-3-1-2-4-12-26-47-41-49-30-35(37-21-11-16-23-43-37)39(51-41)46-25-15-10-20-33/h11,16,21-23,28-33,53H,1-10,12-15,17-20,24-27H2,(H2,45,48,50,52)(H2,46,47,49,51). The van der Waals surface area contributed by atoms with Gasteiger partial charge in [-0.25, -0.2) is 9.97 Å². The predicted octanol–water partition coefficient (Wildman–Crippen LogP) is 8.90. The molecule has 0 amide bonds. The highest BCUT2D eigenvalue weighted by Crippen LogP contribution is 2.30. The van der Waals surface area contributed by atoms with E-state index in [2.05, 4.69) is 36.2 Å². The lowest BCUT2D eigenvalue weighted by molar-refractivity contribution is 0.147. The lowest BCUT2D eigenvalue weighted by Crippen LogP contribution is -2.17. The van der Waals surface area contributed by atoms with Gasteiger partial charge in [-0.15, -0.1) is 0 Å². The van der Waals surface area contributed by atoms with Gasteiger partial charge in [0, 0.05) is 57.0 Å². The molecule has 5 N–H and O–H groups in total. The average Bonchev–Trinajstić information content (AvgIpc) is 3.19. The molecule has 4 aromatic rings. The minimum Gasteiger partial charge on any atom is -0.490 e. The number of nitrogens with one attached hydrogen (secondary N) is 4.